The van der Waals surface area contributed by atoms with E-state index in [1.54, 1.807) is 30.3 Å². The van der Waals surface area contributed by atoms with Gasteiger partial charge >= 0.3 is 5.97 Å². The second-order valence-electron chi connectivity index (χ2n) is 6.02. The lowest BCUT2D eigenvalue weighted by molar-refractivity contribution is -0.148. The molecule has 7 heteroatoms. The van der Waals surface area contributed by atoms with Crippen molar-refractivity contribution < 1.29 is 19.1 Å². The van der Waals surface area contributed by atoms with E-state index in [-0.39, 0.29) is 5.78 Å². The number of thiazole rings is 1. The number of anilines is 1. The van der Waals surface area contributed by atoms with Crippen LogP contribution in [0.3, 0.4) is 0 Å². The van der Waals surface area contributed by atoms with Crippen LogP contribution < -0.4 is 5.32 Å². The molecule has 0 saturated carbocycles. The van der Waals surface area contributed by atoms with Crippen molar-refractivity contribution in [3.63, 3.8) is 0 Å². The van der Waals surface area contributed by atoms with E-state index in [2.05, 4.69) is 10.3 Å². The number of benzene rings is 2. The summed E-state index contributed by atoms with van der Waals surface area (Å²) in [5, 5.41) is 3.29. The Hall–Kier alpha value is -3.32. The van der Waals surface area contributed by atoms with Crippen molar-refractivity contribution in [1.29, 1.82) is 0 Å². The van der Waals surface area contributed by atoms with Crippen LogP contribution in [0.5, 0.6) is 0 Å². The van der Waals surface area contributed by atoms with Crippen LogP contribution in [0.4, 0.5) is 5.69 Å². The number of fused-ring (bicyclic) bond motifs is 1. The van der Waals surface area contributed by atoms with Gasteiger partial charge in [0.1, 0.15) is 5.01 Å². The third kappa shape index (κ3) is 4.69. The summed E-state index contributed by atoms with van der Waals surface area (Å²) in [5.74, 6) is -1.34. The number of carbonyl (C=O) groups excluding carboxylic acids is 3. The topological polar surface area (TPSA) is 85.4 Å². The molecule has 6 nitrogen and oxygen atoms in total. The maximum atomic E-state index is 12.3. The number of para-hydroxylation sites is 2. The molecule has 0 saturated heterocycles. The third-order valence-corrected chi connectivity index (χ3v) is 4.90. The van der Waals surface area contributed by atoms with Crippen molar-refractivity contribution in [2.24, 2.45) is 0 Å². The molecule has 0 bridgehead atoms. The Morgan fingerprint density at radius 2 is 1.82 bits per heavy atom. The molecule has 0 aliphatic heterocycles. The van der Waals surface area contributed by atoms with Crippen LogP contribution >= 0.6 is 11.3 Å². The molecule has 0 radical (unpaired) electrons. The molecule has 0 aliphatic carbocycles. The summed E-state index contributed by atoms with van der Waals surface area (Å²) in [6.07, 6.45) is 1.78. The van der Waals surface area contributed by atoms with Crippen LogP contribution in [0.25, 0.3) is 16.3 Å². The van der Waals surface area contributed by atoms with E-state index >= 15 is 0 Å². The maximum Gasteiger partial charge on any atom is 0.331 e. The van der Waals surface area contributed by atoms with Gasteiger partial charge in [0.15, 0.2) is 11.9 Å². The number of esters is 1. The summed E-state index contributed by atoms with van der Waals surface area (Å²) < 4.78 is 6.16. The number of nitrogens with zero attached hydrogens (tertiary/aromatic N) is 1. The molecule has 0 unspecified atom stereocenters. The van der Waals surface area contributed by atoms with E-state index in [9.17, 15) is 14.4 Å². The molecule has 1 atom stereocenters. The van der Waals surface area contributed by atoms with Gasteiger partial charge in [0, 0.05) is 11.6 Å². The number of Topliss-reactive ketones (excluding diaryl/α,β-unsaturated/α-hetero) is 1. The minimum Gasteiger partial charge on any atom is -0.449 e. The summed E-state index contributed by atoms with van der Waals surface area (Å²) in [6, 6.07) is 14.3. The fraction of sp³-hybridized carbons (Fsp3) is 0.143. The van der Waals surface area contributed by atoms with Crippen molar-refractivity contribution in [1.82, 2.24) is 4.98 Å². The fourth-order valence-corrected chi connectivity index (χ4v) is 3.37. The average molecular weight is 394 g/mol. The molecule has 0 aliphatic rings. The van der Waals surface area contributed by atoms with Crippen LogP contribution in [-0.2, 0) is 14.3 Å². The van der Waals surface area contributed by atoms with E-state index in [1.165, 1.54) is 31.3 Å². The standard InChI is InChI=1S/C21H18N2O4S/c1-13(24)15-7-3-4-8-16(15)23-21(26)14(2)27-20(25)12-11-19-22-17-9-5-6-10-18(17)28-19/h3-12,14H,1-2H3,(H,23,26)/b12-11+/t14-/m0/s1. The Morgan fingerprint density at radius 1 is 1.11 bits per heavy atom. The molecular formula is C21H18N2O4S. The second-order valence-corrected chi connectivity index (χ2v) is 7.09. The lowest BCUT2D eigenvalue weighted by atomic mass is 10.1. The van der Waals surface area contributed by atoms with Crippen molar-refractivity contribution in [3.8, 4) is 0 Å². The van der Waals surface area contributed by atoms with Gasteiger partial charge in [-0.3, -0.25) is 9.59 Å². The molecule has 3 rings (SSSR count). The van der Waals surface area contributed by atoms with E-state index in [0.29, 0.717) is 16.3 Å². The van der Waals surface area contributed by atoms with Crippen LogP contribution in [0.1, 0.15) is 29.2 Å². The fourth-order valence-electron chi connectivity index (χ4n) is 2.50. The summed E-state index contributed by atoms with van der Waals surface area (Å²) in [6.45, 7) is 2.89. The first-order valence-corrected chi connectivity index (χ1v) is 9.41. The Morgan fingerprint density at radius 3 is 2.57 bits per heavy atom. The molecule has 0 fully saturated rings. The van der Waals surface area contributed by atoms with E-state index in [1.807, 2.05) is 24.3 Å². The van der Waals surface area contributed by atoms with Gasteiger partial charge in [-0.05, 0) is 44.2 Å². The number of amides is 1. The van der Waals surface area contributed by atoms with Gasteiger partial charge in [-0.25, -0.2) is 9.78 Å². The summed E-state index contributed by atoms with van der Waals surface area (Å²) in [5.41, 5.74) is 1.63. The average Bonchev–Trinajstić information content (AvgIpc) is 3.09. The lowest BCUT2D eigenvalue weighted by Gasteiger charge is -2.14. The molecule has 0 spiro atoms. The number of hydrogen-bond donors (Lipinski definition) is 1. The maximum absolute atomic E-state index is 12.3. The molecule has 1 aromatic heterocycles. The van der Waals surface area contributed by atoms with Gasteiger partial charge in [-0.1, -0.05) is 24.3 Å². The lowest BCUT2D eigenvalue weighted by Crippen LogP contribution is -2.30. The first-order chi connectivity index (χ1) is 13.4. The van der Waals surface area contributed by atoms with E-state index < -0.39 is 18.0 Å². The highest BCUT2D eigenvalue weighted by Gasteiger charge is 2.18. The van der Waals surface area contributed by atoms with Crippen LogP contribution in [0.2, 0.25) is 0 Å². The number of aromatic nitrogens is 1. The van der Waals surface area contributed by atoms with Crippen LogP contribution in [-0.4, -0.2) is 28.7 Å². The van der Waals surface area contributed by atoms with Crippen LogP contribution in [0.15, 0.2) is 54.6 Å². The SMILES string of the molecule is CC(=O)c1ccccc1NC(=O)[C@H](C)OC(=O)/C=C/c1nc2ccccc2s1. The van der Waals surface area contributed by atoms with Gasteiger partial charge < -0.3 is 10.1 Å². The van der Waals surface area contributed by atoms with Gasteiger partial charge in [-0.2, -0.15) is 0 Å². The highest BCUT2D eigenvalue weighted by atomic mass is 32.1. The van der Waals surface area contributed by atoms with Crippen LogP contribution in [0, 0.1) is 0 Å². The van der Waals surface area contributed by atoms with Crippen molar-refractivity contribution in [2.75, 3.05) is 5.32 Å². The third-order valence-electron chi connectivity index (χ3n) is 3.90. The summed E-state index contributed by atoms with van der Waals surface area (Å²) >= 11 is 1.45. The minimum absolute atomic E-state index is 0.167. The number of ether oxygens (including phenoxy) is 1. The highest BCUT2D eigenvalue weighted by Crippen LogP contribution is 2.22. The number of rotatable bonds is 6. The largest absolute Gasteiger partial charge is 0.449 e. The summed E-state index contributed by atoms with van der Waals surface area (Å²) in [4.78, 5) is 40.3. The number of hydrogen-bond acceptors (Lipinski definition) is 6. The molecule has 2 aromatic carbocycles. The predicted molar refractivity (Wildman–Crippen MR) is 109 cm³/mol. The molecule has 3 aromatic rings. The summed E-state index contributed by atoms with van der Waals surface area (Å²) in [7, 11) is 0. The van der Waals surface area contributed by atoms with Crippen molar-refractivity contribution in [2.45, 2.75) is 20.0 Å². The molecule has 1 heterocycles. The number of carbonyl (C=O) groups is 3. The molecule has 142 valence electrons. The molecular weight excluding hydrogens is 376 g/mol. The molecule has 1 amide bonds. The van der Waals surface area contributed by atoms with Gasteiger partial charge in [0.05, 0.1) is 15.9 Å². The Labute approximate surface area is 165 Å². The molecule has 28 heavy (non-hydrogen) atoms. The number of ketones is 1. The molecule has 1 N–H and O–H groups in total. The predicted octanol–water partition coefficient (Wildman–Crippen LogP) is 4.08. The Bertz CT molecular complexity index is 1040. The van der Waals surface area contributed by atoms with Gasteiger partial charge in [-0.15, -0.1) is 11.3 Å². The second kappa shape index (κ2) is 8.58. The normalized spacial score (nSPS) is 12.1. The van der Waals surface area contributed by atoms with Crippen molar-refractivity contribution in [3.05, 3.63) is 65.2 Å². The van der Waals surface area contributed by atoms with Gasteiger partial charge in [0.2, 0.25) is 0 Å². The van der Waals surface area contributed by atoms with E-state index in [4.69, 9.17) is 4.74 Å². The minimum atomic E-state index is -1.02. The monoisotopic (exact) mass is 394 g/mol. The zero-order chi connectivity index (χ0) is 20.1. The highest BCUT2D eigenvalue weighted by molar-refractivity contribution is 7.19. The Balaban J connectivity index is 1.60. The van der Waals surface area contributed by atoms with E-state index in [0.717, 1.165) is 10.2 Å². The van der Waals surface area contributed by atoms with Gasteiger partial charge in [0.25, 0.3) is 5.91 Å². The zero-order valence-corrected chi connectivity index (χ0v) is 16.2. The smallest absolute Gasteiger partial charge is 0.331 e. The zero-order valence-electron chi connectivity index (χ0n) is 15.3. The first kappa shape index (κ1) is 19.4. The number of nitrogens with one attached hydrogen (secondary N) is 1. The Kier molecular flexibility index (Phi) is 5.96. The quantitative estimate of drug-likeness (QED) is 0.387. The van der Waals surface area contributed by atoms with Crippen molar-refractivity contribution >= 4 is 51.0 Å². The first-order valence-electron chi connectivity index (χ1n) is 8.59.